The smallest absolute Gasteiger partial charge is 0.154 e. The molecular weight excluding hydrogens is 306 g/mol. The third-order valence-corrected chi connectivity index (χ3v) is 4.21. The molecule has 0 amide bonds. The van der Waals surface area contributed by atoms with Crippen molar-refractivity contribution >= 4 is 0 Å². The number of hydrogen-bond acceptors (Lipinski definition) is 6. The number of aromatic nitrogens is 1. The minimum absolute atomic E-state index is 0.177. The predicted molar refractivity (Wildman–Crippen MR) is 87.4 cm³/mol. The first kappa shape index (κ1) is 16.5. The summed E-state index contributed by atoms with van der Waals surface area (Å²) in [5, 5.41) is 23.0. The Balaban J connectivity index is 1.52. The van der Waals surface area contributed by atoms with Gasteiger partial charge < -0.3 is 14.4 Å². The van der Waals surface area contributed by atoms with Crippen LogP contribution in [0.15, 0.2) is 34.9 Å². The van der Waals surface area contributed by atoms with E-state index in [1.54, 1.807) is 24.3 Å². The van der Waals surface area contributed by atoms with E-state index >= 15 is 0 Å². The first-order valence-electron chi connectivity index (χ1n) is 8.14. The van der Waals surface area contributed by atoms with E-state index in [0.717, 1.165) is 30.8 Å². The van der Waals surface area contributed by atoms with Crippen LogP contribution < -0.4 is 4.74 Å². The van der Waals surface area contributed by atoms with Crippen LogP contribution in [0.25, 0.3) is 0 Å². The van der Waals surface area contributed by atoms with Gasteiger partial charge in [0.1, 0.15) is 18.5 Å². The molecule has 1 N–H and O–H groups in total. The standard InChI is InChI=1S/C18H21N3O3/c1-13-9-18(24-20-13)17-3-2-8-21(17)11-15(22)12-23-16-6-4-14(10-19)5-7-16/h4-7,9,15,17,22H,2-3,8,11-12H2,1H3/t15-,17-/m1/s1. The maximum absolute atomic E-state index is 10.3. The highest BCUT2D eigenvalue weighted by molar-refractivity contribution is 5.34. The Bertz CT molecular complexity index is 705. The summed E-state index contributed by atoms with van der Waals surface area (Å²) in [4.78, 5) is 2.22. The van der Waals surface area contributed by atoms with E-state index in [1.807, 2.05) is 13.0 Å². The van der Waals surface area contributed by atoms with Gasteiger partial charge in [0.15, 0.2) is 5.76 Å². The number of rotatable bonds is 6. The Morgan fingerprint density at radius 1 is 1.46 bits per heavy atom. The number of aliphatic hydroxyl groups is 1. The van der Waals surface area contributed by atoms with Crippen LogP contribution in [0.5, 0.6) is 5.75 Å². The Morgan fingerprint density at radius 3 is 2.92 bits per heavy atom. The minimum Gasteiger partial charge on any atom is -0.491 e. The third kappa shape index (κ3) is 3.94. The Labute approximate surface area is 141 Å². The van der Waals surface area contributed by atoms with Crippen LogP contribution in [0.1, 0.15) is 35.9 Å². The molecule has 1 aliphatic rings. The maximum atomic E-state index is 10.3. The van der Waals surface area contributed by atoms with E-state index in [4.69, 9.17) is 14.5 Å². The fourth-order valence-corrected chi connectivity index (χ4v) is 3.05. The number of hydrogen-bond donors (Lipinski definition) is 1. The minimum atomic E-state index is -0.592. The molecule has 3 rings (SSSR count). The lowest BCUT2D eigenvalue weighted by Gasteiger charge is -2.25. The highest BCUT2D eigenvalue weighted by atomic mass is 16.5. The van der Waals surface area contributed by atoms with E-state index in [1.165, 1.54) is 0 Å². The molecule has 6 heteroatoms. The predicted octanol–water partition coefficient (Wildman–Crippen LogP) is 2.43. The molecule has 1 fully saturated rings. The summed E-state index contributed by atoms with van der Waals surface area (Å²) in [7, 11) is 0. The van der Waals surface area contributed by atoms with Crippen molar-refractivity contribution in [2.75, 3.05) is 19.7 Å². The zero-order chi connectivity index (χ0) is 16.9. The fourth-order valence-electron chi connectivity index (χ4n) is 3.05. The average Bonchev–Trinajstić information content (AvgIpc) is 3.22. The number of aryl methyl sites for hydroxylation is 1. The number of ether oxygens (including phenoxy) is 1. The first-order chi connectivity index (χ1) is 11.7. The molecule has 1 aromatic carbocycles. The summed E-state index contributed by atoms with van der Waals surface area (Å²) in [6.45, 7) is 3.58. The highest BCUT2D eigenvalue weighted by Crippen LogP contribution is 2.32. The van der Waals surface area contributed by atoms with Crippen molar-refractivity contribution in [3.05, 3.63) is 47.3 Å². The number of nitriles is 1. The van der Waals surface area contributed by atoms with Crippen LogP contribution in [0.4, 0.5) is 0 Å². The largest absolute Gasteiger partial charge is 0.491 e. The summed E-state index contributed by atoms with van der Waals surface area (Å²) in [6.07, 6.45) is 1.50. The number of benzene rings is 1. The van der Waals surface area contributed by atoms with Crippen LogP contribution in [-0.2, 0) is 0 Å². The molecule has 0 radical (unpaired) electrons. The monoisotopic (exact) mass is 327 g/mol. The second-order valence-electron chi connectivity index (χ2n) is 6.12. The number of aliphatic hydroxyl groups excluding tert-OH is 1. The molecule has 0 aliphatic carbocycles. The Morgan fingerprint density at radius 2 is 2.25 bits per heavy atom. The van der Waals surface area contributed by atoms with Crippen LogP contribution in [0, 0.1) is 18.3 Å². The summed E-state index contributed by atoms with van der Waals surface area (Å²) in [6, 6.07) is 11.1. The molecule has 0 spiro atoms. The van der Waals surface area contributed by atoms with Crippen LogP contribution in [-0.4, -0.2) is 41.0 Å². The lowest BCUT2D eigenvalue weighted by Crippen LogP contribution is -2.35. The Kier molecular flexibility index (Phi) is 5.14. The summed E-state index contributed by atoms with van der Waals surface area (Å²) in [5.41, 5.74) is 1.46. The maximum Gasteiger partial charge on any atom is 0.154 e. The molecule has 0 saturated carbocycles. The van der Waals surface area contributed by atoms with Crippen molar-refractivity contribution in [1.29, 1.82) is 5.26 Å². The van der Waals surface area contributed by atoms with E-state index in [9.17, 15) is 5.11 Å². The van der Waals surface area contributed by atoms with Gasteiger partial charge in [-0.15, -0.1) is 0 Å². The van der Waals surface area contributed by atoms with Gasteiger partial charge in [-0.3, -0.25) is 4.90 Å². The molecule has 0 bridgehead atoms. The molecule has 2 heterocycles. The van der Waals surface area contributed by atoms with Crippen LogP contribution >= 0.6 is 0 Å². The molecule has 2 atom stereocenters. The normalized spacial score (nSPS) is 19.1. The molecule has 1 aliphatic heterocycles. The third-order valence-electron chi connectivity index (χ3n) is 4.21. The van der Waals surface area contributed by atoms with Crippen molar-refractivity contribution < 1.29 is 14.4 Å². The molecule has 2 aromatic rings. The van der Waals surface area contributed by atoms with Gasteiger partial charge in [-0.1, -0.05) is 5.16 Å². The van der Waals surface area contributed by atoms with Gasteiger partial charge in [0.25, 0.3) is 0 Å². The first-order valence-corrected chi connectivity index (χ1v) is 8.14. The van der Waals surface area contributed by atoms with Gasteiger partial charge in [-0.25, -0.2) is 0 Å². The highest BCUT2D eigenvalue weighted by Gasteiger charge is 2.30. The molecule has 0 unspecified atom stereocenters. The van der Waals surface area contributed by atoms with Gasteiger partial charge in [0, 0.05) is 12.6 Å². The number of likely N-dealkylation sites (tertiary alicyclic amines) is 1. The van der Waals surface area contributed by atoms with E-state index in [0.29, 0.717) is 17.9 Å². The van der Waals surface area contributed by atoms with Crippen LogP contribution in [0.2, 0.25) is 0 Å². The SMILES string of the molecule is Cc1cc([C@H]2CCCN2C[C@@H](O)COc2ccc(C#N)cc2)on1. The second kappa shape index (κ2) is 7.47. The molecular formula is C18H21N3O3. The van der Waals surface area contributed by atoms with Gasteiger partial charge >= 0.3 is 0 Å². The van der Waals surface area contributed by atoms with Crippen molar-refractivity contribution in [3.63, 3.8) is 0 Å². The lowest BCUT2D eigenvalue weighted by molar-refractivity contribution is 0.0598. The zero-order valence-electron chi connectivity index (χ0n) is 13.7. The molecule has 126 valence electrons. The average molecular weight is 327 g/mol. The van der Waals surface area contributed by atoms with Crippen LogP contribution in [0.3, 0.4) is 0 Å². The summed E-state index contributed by atoms with van der Waals surface area (Å²) < 4.78 is 11.0. The molecule has 1 aromatic heterocycles. The quantitative estimate of drug-likeness (QED) is 0.877. The molecule has 1 saturated heterocycles. The van der Waals surface area contributed by atoms with Gasteiger partial charge in [-0.05, 0) is 50.6 Å². The lowest BCUT2D eigenvalue weighted by atomic mass is 10.1. The van der Waals surface area contributed by atoms with Gasteiger partial charge in [0.2, 0.25) is 0 Å². The van der Waals surface area contributed by atoms with Crippen molar-refractivity contribution in [1.82, 2.24) is 10.1 Å². The number of β-amino-alcohol motifs (C(OH)–C–C–N with tert-alkyl or cyclic N) is 1. The van der Waals surface area contributed by atoms with Crippen molar-refractivity contribution in [2.45, 2.75) is 31.9 Å². The summed E-state index contributed by atoms with van der Waals surface area (Å²) in [5.74, 6) is 1.52. The van der Waals surface area contributed by atoms with Gasteiger partial charge in [-0.2, -0.15) is 5.26 Å². The second-order valence-corrected chi connectivity index (χ2v) is 6.12. The molecule has 24 heavy (non-hydrogen) atoms. The van der Waals surface area contributed by atoms with E-state index in [2.05, 4.69) is 16.1 Å². The fraction of sp³-hybridized carbons (Fsp3) is 0.444. The van der Waals surface area contributed by atoms with Gasteiger partial charge in [0.05, 0.1) is 23.4 Å². The Hall–Kier alpha value is -2.36. The summed E-state index contributed by atoms with van der Waals surface area (Å²) >= 11 is 0. The van der Waals surface area contributed by atoms with E-state index in [-0.39, 0.29) is 12.6 Å². The topological polar surface area (TPSA) is 82.5 Å². The molecule has 6 nitrogen and oxygen atoms in total. The zero-order valence-corrected chi connectivity index (χ0v) is 13.7. The van der Waals surface area contributed by atoms with Crippen molar-refractivity contribution in [2.24, 2.45) is 0 Å². The number of nitrogens with zero attached hydrogens (tertiary/aromatic N) is 3. The van der Waals surface area contributed by atoms with E-state index < -0.39 is 6.10 Å². The van der Waals surface area contributed by atoms with Crippen molar-refractivity contribution in [3.8, 4) is 11.8 Å².